The van der Waals surface area contributed by atoms with Gasteiger partial charge in [0.1, 0.15) is 18.3 Å². The van der Waals surface area contributed by atoms with Crippen molar-refractivity contribution in [3.8, 4) is 0 Å². The van der Waals surface area contributed by atoms with Gasteiger partial charge in [-0.3, -0.25) is 23.9 Å². The highest BCUT2D eigenvalue weighted by Gasteiger charge is 2.74. The fraction of sp³-hybridized carbons (Fsp3) is 0.697. The van der Waals surface area contributed by atoms with Crippen molar-refractivity contribution < 1.29 is 48.0 Å². The van der Waals surface area contributed by atoms with Gasteiger partial charge in [0.15, 0.2) is 0 Å². The standard InChI is InChI=1S/C33H48O10/c1-10-13-26(36)42-30-24-16-23(41-29(38)19(5)12-3)17-25-32(9,15-14-18(4)11-2)20(6)27(39-21(7)34)28(37)33(24,25)31(43-30)40-22(8)35/h11,16,19-20,23,25,27-28,30-31,37H,2,4,10,12-15,17H2,1,3,5-9H3. The molecule has 2 aliphatic carbocycles. The number of esters is 4. The van der Waals surface area contributed by atoms with Gasteiger partial charge in [-0.05, 0) is 49.5 Å². The third-order valence-corrected chi connectivity index (χ3v) is 9.75. The summed E-state index contributed by atoms with van der Waals surface area (Å²) in [4.78, 5) is 50.6. The molecule has 3 rings (SSSR count). The van der Waals surface area contributed by atoms with Crippen molar-refractivity contribution in [2.45, 2.75) is 118 Å². The second-order valence-electron chi connectivity index (χ2n) is 12.5. The number of carbonyl (C=O) groups excluding carboxylic acids is 4. The Morgan fingerprint density at radius 1 is 1.12 bits per heavy atom. The Balaban J connectivity index is 2.30. The zero-order valence-electron chi connectivity index (χ0n) is 26.6. The van der Waals surface area contributed by atoms with Crippen LogP contribution in [0.1, 0.15) is 87.0 Å². The van der Waals surface area contributed by atoms with Gasteiger partial charge in [-0.2, -0.15) is 0 Å². The molecule has 10 nitrogen and oxygen atoms in total. The van der Waals surface area contributed by atoms with Gasteiger partial charge in [0.25, 0.3) is 0 Å². The van der Waals surface area contributed by atoms with E-state index in [0.717, 1.165) is 5.57 Å². The molecule has 1 spiro atoms. The molecule has 1 heterocycles. The molecule has 1 aliphatic heterocycles. The van der Waals surface area contributed by atoms with E-state index in [1.165, 1.54) is 13.8 Å². The Hall–Kier alpha value is -2.98. The lowest BCUT2D eigenvalue weighted by molar-refractivity contribution is -0.276. The highest BCUT2D eigenvalue weighted by Crippen LogP contribution is 2.67. The summed E-state index contributed by atoms with van der Waals surface area (Å²) < 4.78 is 29.5. The number of hydrogen-bond acceptors (Lipinski definition) is 10. The largest absolute Gasteiger partial charge is 0.459 e. The van der Waals surface area contributed by atoms with Gasteiger partial charge >= 0.3 is 23.9 Å². The molecule has 1 saturated heterocycles. The van der Waals surface area contributed by atoms with Crippen LogP contribution in [0.4, 0.5) is 0 Å². The minimum Gasteiger partial charge on any atom is -0.459 e. The summed E-state index contributed by atoms with van der Waals surface area (Å²) in [5, 5.41) is 12.3. The maximum absolute atomic E-state index is 13.0. The Morgan fingerprint density at radius 2 is 1.77 bits per heavy atom. The molecule has 10 atom stereocenters. The lowest BCUT2D eigenvalue weighted by Crippen LogP contribution is -2.68. The molecule has 0 aromatic heterocycles. The monoisotopic (exact) mass is 604 g/mol. The van der Waals surface area contributed by atoms with Gasteiger partial charge in [-0.1, -0.05) is 59.4 Å². The van der Waals surface area contributed by atoms with Crippen molar-refractivity contribution in [1.29, 1.82) is 0 Å². The van der Waals surface area contributed by atoms with E-state index < -0.39 is 71.5 Å². The zero-order valence-corrected chi connectivity index (χ0v) is 26.6. The fourth-order valence-corrected chi connectivity index (χ4v) is 7.05. The van der Waals surface area contributed by atoms with E-state index in [0.29, 0.717) is 31.3 Å². The molecule has 43 heavy (non-hydrogen) atoms. The molecule has 10 heteroatoms. The Bertz CT molecular complexity index is 1140. The van der Waals surface area contributed by atoms with Gasteiger partial charge in [0.05, 0.1) is 11.3 Å². The third-order valence-electron chi connectivity index (χ3n) is 9.75. The molecule has 240 valence electrons. The predicted octanol–water partition coefficient (Wildman–Crippen LogP) is 4.94. The van der Waals surface area contributed by atoms with Crippen LogP contribution in [0.3, 0.4) is 0 Å². The maximum Gasteiger partial charge on any atom is 0.309 e. The summed E-state index contributed by atoms with van der Waals surface area (Å²) in [5.74, 6) is -3.45. The van der Waals surface area contributed by atoms with E-state index in [-0.39, 0.29) is 24.7 Å². The van der Waals surface area contributed by atoms with Gasteiger partial charge in [-0.15, -0.1) is 0 Å². The molecule has 0 radical (unpaired) electrons. The summed E-state index contributed by atoms with van der Waals surface area (Å²) in [6.07, 6.45) is 0.00749. The fourth-order valence-electron chi connectivity index (χ4n) is 7.05. The Kier molecular flexibility index (Phi) is 11.0. The minimum absolute atomic E-state index is 0.116. The molecule has 0 bridgehead atoms. The molecule has 0 aromatic carbocycles. The second-order valence-corrected chi connectivity index (χ2v) is 12.5. The quantitative estimate of drug-likeness (QED) is 0.141. The van der Waals surface area contributed by atoms with Crippen molar-refractivity contribution in [1.82, 2.24) is 0 Å². The third kappa shape index (κ3) is 6.60. The summed E-state index contributed by atoms with van der Waals surface area (Å²) in [7, 11) is 0. The number of rotatable bonds is 12. The molecular formula is C33H48O10. The molecule has 1 saturated carbocycles. The first-order valence-electron chi connectivity index (χ1n) is 15.3. The summed E-state index contributed by atoms with van der Waals surface area (Å²) in [6, 6.07) is 0. The van der Waals surface area contributed by atoms with Crippen LogP contribution in [0.25, 0.3) is 0 Å². The first-order chi connectivity index (χ1) is 20.2. The summed E-state index contributed by atoms with van der Waals surface area (Å²) in [5.41, 5.74) is -1.07. The van der Waals surface area contributed by atoms with Crippen LogP contribution in [0.2, 0.25) is 0 Å². The normalized spacial score (nSPS) is 35.3. The minimum atomic E-state index is -1.49. The topological polar surface area (TPSA) is 135 Å². The first kappa shape index (κ1) is 34.5. The van der Waals surface area contributed by atoms with Crippen LogP contribution in [0.5, 0.6) is 0 Å². The van der Waals surface area contributed by atoms with Crippen LogP contribution in [0.15, 0.2) is 36.5 Å². The smallest absolute Gasteiger partial charge is 0.309 e. The van der Waals surface area contributed by atoms with E-state index in [1.54, 1.807) is 19.1 Å². The highest BCUT2D eigenvalue weighted by molar-refractivity contribution is 5.72. The Labute approximate surface area is 254 Å². The van der Waals surface area contributed by atoms with E-state index in [9.17, 15) is 24.3 Å². The number of aliphatic hydroxyl groups is 1. The lowest BCUT2D eigenvalue weighted by Gasteiger charge is -2.62. The van der Waals surface area contributed by atoms with Crippen LogP contribution in [-0.4, -0.2) is 59.9 Å². The number of aliphatic hydroxyl groups excluding tert-OH is 1. The lowest BCUT2D eigenvalue weighted by atomic mass is 9.44. The van der Waals surface area contributed by atoms with Gasteiger partial charge in [-0.25, -0.2) is 0 Å². The summed E-state index contributed by atoms with van der Waals surface area (Å²) >= 11 is 0. The van der Waals surface area contributed by atoms with Crippen molar-refractivity contribution in [3.63, 3.8) is 0 Å². The molecule has 0 aromatic rings. The Morgan fingerprint density at radius 3 is 2.33 bits per heavy atom. The number of hydrogen-bond donors (Lipinski definition) is 1. The zero-order chi connectivity index (χ0) is 32.3. The van der Waals surface area contributed by atoms with Crippen molar-refractivity contribution in [2.75, 3.05) is 0 Å². The van der Waals surface area contributed by atoms with E-state index in [4.69, 9.17) is 23.7 Å². The number of ether oxygens (including phenoxy) is 5. The predicted molar refractivity (Wildman–Crippen MR) is 157 cm³/mol. The van der Waals surface area contributed by atoms with Crippen LogP contribution < -0.4 is 0 Å². The first-order valence-corrected chi connectivity index (χ1v) is 15.3. The summed E-state index contributed by atoms with van der Waals surface area (Å²) in [6.45, 7) is 19.9. The van der Waals surface area contributed by atoms with Crippen molar-refractivity contribution in [3.05, 3.63) is 36.5 Å². The molecule has 3 aliphatic rings. The molecule has 1 N–H and O–H groups in total. The van der Waals surface area contributed by atoms with E-state index in [2.05, 4.69) is 13.2 Å². The molecule has 10 unspecified atom stereocenters. The molecule has 0 amide bonds. The number of allylic oxidation sites excluding steroid dienone is 2. The maximum atomic E-state index is 13.0. The van der Waals surface area contributed by atoms with Gasteiger partial charge in [0.2, 0.25) is 12.6 Å². The van der Waals surface area contributed by atoms with Crippen LogP contribution in [-0.2, 0) is 42.9 Å². The average Bonchev–Trinajstić information content (AvgIpc) is 3.24. The SMILES string of the molecule is C=CC(=C)CCC1(C)C(C)C(OC(C)=O)C(O)C23C(=CC(OC(=O)C(C)CC)CC12)C(OC(=O)CCC)OC3OC(C)=O. The van der Waals surface area contributed by atoms with E-state index in [1.807, 2.05) is 27.7 Å². The molecule has 2 fully saturated rings. The van der Waals surface area contributed by atoms with Gasteiger partial charge in [0, 0.05) is 31.8 Å². The molecular weight excluding hydrogens is 556 g/mol. The van der Waals surface area contributed by atoms with E-state index >= 15 is 0 Å². The van der Waals surface area contributed by atoms with Crippen LogP contribution >= 0.6 is 0 Å². The second kappa shape index (κ2) is 13.8. The highest BCUT2D eigenvalue weighted by atomic mass is 16.8. The van der Waals surface area contributed by atoms with Crippen molar-refractivity contribution >= 4 is 23.9 Å². The van der Waals surface area contributed by atoms with Crippen LogP contribution in [0, 0.1) is 28.6 Å². The number of carbonyl (C=O) groups is 4. The van der Waals surface area contributed by atoms with Crippen molar-refractivity contribution in [2.24, 2.45) is 28.6 Å². The van der Waals surface area contributed by atoms with Gasteiger partial charge < -0.3 is 24.1 Å². The average molecular weight is 605 g/mol.